The van der Waals surface area contributed by atoms with Crippen LogP contribution in [0, 0.1) is 0 Å². The molecule has 1 aromatic rings. The minimum Gasteiger partial charge on any atom is -0.492 e. The van der Waals surface area contributed by atoms with Gasteiger partial charge in [-0.05, 0) is 38.0 Å². The minimum atomic E-state index is -0.00613. The predicted octanol–water partition coefficient (Wildman–Crippen LogP) is 2.82. The van der Waals surface area contributed by atoms with Crippen LogP contribution in [0.4, 0.5) is 5.69 Å². The van der Waals surface area contributed by atoms with Crippen molar-refractivity contribution in [1.29, 1.82) is 0 Å². The van der Waals surface area contributed by atoms with Gasteiger partial charge in [-0.3, -0.25) is 4.79 Å². The molecule has 5 heteroatoms. The van der Waals surface area contributed by atoms with E-state index in [-0.39, 0.29) is 5.91 Å². The van der Waals surface area contributed by atoms with Crippen LogP contribution in [0.1, 0.15) is 26.2 Å². The highest BCUT2D eigenvalue weighted by Crippen LogP contribution is 2.27. The van der Waals surface area contributed by atoms with Crippen LogP contribution in [0.15, 0.2) is 18.2 Å². The topological polar surface area (TPSA) is 50.4 Å². The molecule has 0 aromatic heterocycles. The largest absolute Gasteiger partial charge is 0.492 e. The molecule has 1 fully saturated rings. The van der Waals surface area contributed by atoms with Crippen molar-refractivity contribution in [3.8, 4) is 5.75 Å². The van der Waals surface area contributed by atoms with Gasteiger partial charge in [-0.25, -0.2) is 0 Å². The Bertz CT molecular complexity index is 447. The highest BCUT2D eigenvalue weighted by molar-refractivity contribution is 6.32. The van der Waals surface area contributed by atoms with Gasteiger partial charge >= 0.3 is 0 Å². The fraction of sp³-hybridized carbons (Fsp3) is 0.500. The lowest BCUT2D eigenvalue weighted by Gasteiger charge is -2.09. The summed E-state index contributed by atoms with van der Waals surface area (Å²) in [6.07, 6.45) is 2.94. The summed E-state index contributed by atoms with van der Waals surface area (Å²) < 4.78 is 5.34. The molecular weight excluding hydrogens is 264 g/mol. The minimum absolute atomic E-state index is 0.00613. The van der Waals surface area contributed by atoms with Crippen molar-refractivity contribution in [2.75, 3.05) is 18.5 Å². The molecular formula is C14H19ClN2O2. The van der Waals surface area contributed by atoms with Gasteiger partial charge in [0, 0.05) is 24.7 Å². The van der Waals surface area contributed by atoms with Gasteiger partial charge in [-0.1, -0.05) is 11.6 Å². The summed E-state index contributed by atoms with van der Waals surface area (Å²) in [4.78, 5) is 11.7. The second kappa shape index (κ2) is 6.78. The number of carbonyl (C=O) groups excluding carboxylic acids is 1. The smallest absolute Gasteiger partial charge is 0.225 e. The first kappa shape index (κ1) is 14.2. The Morgan fingerprint density at radius 1 is 1.47 bits per heavy atom. The van der Waals surface area contributed by atoms with Gasteiger partial charge in [-0.2, -0.15) is 0 Å². The third-order valence-corrected chi connectivity index (χ3v) is 3.17. The first-order valence-electron chi connectivity index (χ1n) is 6.64. The van der Waals surface area contributed by atoms with Crippen molar-refractivity contribution in [3.63, 3.8) is 0 Å². The molecule has 1 amide bonds. The van der Waals surface area contributed by atoms with Crippen molar-refractivity contribution in [3.05, 3.63) is 23.2 Å². The van der Waals surface area contributed by atoms with Crippen LogP contribution in [-0.4, -0.2) is 25.1 Å². The second-order valence-electron chi connectivity index (χ2n) is 4.60. The zero-order valence-corrected chi connectivity index (χ0v) is 11.8. The number of nitrogens with one attached hydrogen (secondary N) is 2. The number of rotatable bonds is 7. The molecule has 1 aliphatic rings. The van der Waals surface area contributed by atoms with E-state index in [0.717, 1.165) is 6.54 Å². The molecule has 1 aromatic carbocycles. The molecule has 0 unspecified atom stereocenters. The summed E-state index contributed by atoms with van der Waals surface area (Å²) in [5, 5.41) is 6.64. The van der Waals surface area contributed by atoms with Crippen LogP contribution in [0.3, 0.4) is 0 Å². The number of hydrogen-bond donors (Lipinski definition) is 2. The highest BCUT2D eigenvalue weighted by Gasteiger charge is 2.20. The van der Waals surface area contributed by atoms with Gasteiger partial charge in [0.05, 0.1) is 11.6 Å². The van der Waals surface area contributed by atoms with Crippen LogP contribution in [-0.2, 0) is 4.79 Å². The summed E-state index contributed by atoms with van der Waals surface area (Å²) in [7, 11) is 0. The monoisotopic (exact) mass is 282 g/mol. The van der Waals surface area contributed by atoms with Crippen LogP contribution in [0.25, 0.3) is 0 Å². The highest BCUT2D eigenvalue weighted by atomic mass is 35.5. The van der Waals surface area contributed by atoms with E-state index >= 15 is 0 Å². The first-order valence-corrected chi connectivity index (χ1v) is 7.02. The van der Waals surface area contributed by atoms with Gasteiger partial charge in [0.2, 0.25) is 5.91 Å². The average molecular weight is 283 g/mol. The van der Waals surface area contributed by atoms with Crippen molar-refractivity contribution >= 4 is 23.2 Å². The average Bonchev–Trinajstić information content (AvgIpc) is 3.17. The molecule has 0 aliphatic heterocycles. The summed E-state index contributed by atoms with van der Waals surface area (Å²) in [5.74, 6) is 0.631. The van der Waals surface area contributed by atoms with Gasteiger partial charge in [0.1, 0.15) is 5.75 Å². The molecule has 19 heavy (non-hydrogen) atoms. The maximum absolute atomic E-state index is 11.7. The van der Waals surface area contributed by atoms with Gasteiger partial charge in [0.15, 0.2) is 0 Å². The van der Waals surface area contributed by atoms with E-state index in [2.05, 4.69) is 10.6 Å². The zero-order chi connectivity index (χ0) is 13.7. The Hall–Kier alpha value is -1.26. The molecule has 1 aliphatic carbocycles. The maximum atomic E-state index is 11.7. The maximum Gasteiger partial charge on any atom is 0.225 e. The molecule has 0 bridgehead atoms. The Labute approximate surface area is 118 Å². The lowest BCUT2D eigenvalue weighted by molar-refractivity contribution is -0.116. The molecule has 104 valence electrons. The molecule has 0 spiro atoms. The van der Waals surface area contributed by atoms with Crippen molar-refractivity contribution in [2.24, 2.45) is 0 Å². The second-order valence-corrected chi connectivity index (χ2v) is 5.01. The number of carbonyl (C=O) groups is 1. The number of halogens is 1. The van der Waals surface area contributed by atoms with Crippen LogP contribution in [0.2, 0.25) is 5.02 Å². The normalized spacial score (nSPS) is 14.2. The number of benzene rings is 1. The Morgan fingerprint density at radius 3 is 2.89 bits per heavy atom. The molecule has 0 saturated heterocycles. The lowest BCUT2D eigenvalue weighted by atomic mass is 10.3. The number of ether oxygens (including phenoxy) is 1. The summed E-state index contributed by atoms with van der Waals surface area (Å²) >= 11 is 6.06. The van der Waals surface area contributed by atoms with Gasteiger partial charge < -0.3 is 15.4 Å². The van der Waals surface area contributed by atoms with Crippen LogP contribution in [0.5, 0.6) is 5.75 Å². The van der Waals surface area contributed by atoms with E-state index in [1.165, 1.54) is 12.8 Å². The van der Waals surface area contributed by atoms with Gasteiger partial charge in [0.25, 0.3) is 0 Å². The third kappa shape index (κ3) is 4.73. The van der Waals surface area contributed by atoms with Crippen molar-refractivity contribution < 1.29 is 9.53 Å². The first-order chi connectivity index (χ1) is 9.19. The number of hydrogen-bond acceptors (Lipinski definition) is 3. The molecule has 2 rings (SSSR count). The zero-order valence-electron chi connectivity index (χ0n) is 11.0. The van der Waals surface area contributed by atoms with E-state index in [4.69, 9.17) is 16.3 Å². The Balaban J connectivity index is 1.80. The fourth-order valence-corrected chi connectivity index (χ4v) is 1.99. The SMILES string of the molecule is CCOc1ccc(NC(=O)CCNC2CC2)cc1Cl. The van der Waals surface area contributed by atoms with Crippen molar-refractivity contribution in [2.45, 2.75) is 32.2 Å². The molecule has 0 heterocycles. The third-order valence-electron chi connectivity index (χ3n) is 2.88. The number of amides is 1. The fourth-order valence-electron chi connectivity index (χ4n) is 1.75. The Kier molecular flexibility index (Phi) is 5.05. The predicted molar refractivity (Wildman–Crippen MR) is 76.9 cm³/mol. The van der Waals surface area contributed by atoms with Crippen LogP contribution < -0.4 is 15.4 Å². The van der Waals surface area contributed by atoms with Crippen LogP contribution >= 0.6 is 11.6 Å². The van der Waals surface area contributed by atoms with E-state index in [1.54, 1.807) is 18.2 Å². The van der Waals surface area contributed by atoms with E-state index in [1.807, 2.05) is 6.92 Å². The number of anilines is 1. The summed E-state index contributed by atoms with van der Waals surface area (Å²) in [5.41, 5.74) is 0.699. The van der Waals surface area contributed by atoms with E-state index in [0.29, 0.717) is 35.5 Å². The quantitative estimate of drug-likeness (QED) is 0.808. The molecule has 0 atom stereocenters. The molecule has 0 radical (unpaired) electrons. The van der Waals surface area contributed by atoms with E-state index < -0.39 is 0 Å². The van der Waals surface area contributed by atoms with Gasteiger partial charge in [-0.15, -0.1) is 0 Å². The molecule has 1 saturated carbocycles. The van der Waals surface area contributed by atoms with Crippen molar-refractivity contribution in [1.82, 2.24) is 5.32 Å². The standard InChI is InChI=1S/C14H19ClN2O2/c1-2-19-13-6-5-11(9-12(13)15)17-14(18)7-8-16-10-3-4-10/h5-6,9-10,16H,2-4,7-8H2,1H3,(H,17,18). The summed E-state index contributed by atoms with van der Waals surface area (Å²) in [6, 6.07) is 5.90. The summed E-state index contributed by atoms with van der Waals surface area (Å²) in [6.45, 7) is 3.19. The Morgan fingerprint density at radius 2 is 2.26 bits per heavy atom. The van der Waals surface area contributed by atoms with E-state index in [9.17, 15) is 4.79 Å². The molecule has 2 N–H and O–H groups in total. The molecule has 4 nitrogen and oxygen atoms in total. The lowest BCUT2D eigenvalue weighted by Crippen LogP contribution is -2.23.